The SMILES string of the molecule is CCCCCCCCCCCCCCCCCCCCCCC(O)C(=O)NCCC(O)CCCCCCCCCCCCCCC. The maximum Gasteiger partial charge on any atom is 0.248 e. The molecule has 4 nitrogen and oxygen atoms in total. The molecule has 0 aliphatic carbocycles. The van der Waals surface area contributed by atoms with Crippen molar-refractivity contribution in [3.8, 4) is 0 Å². The van der Waals surface area contributed by atoms with Gasteiger partial charge >= 0.3 is 0 Å². The Balaban J connectivity index is 3.35. The van der Waals surface area contributed by atoms with Crippen LogP contribution in [0.2, 0.25) is 0 Å². The summed E-state index contributed by atoms with van der Waals surface area (Å²) < 4.78 is 0. The van der Waals surface area contributed by atoms with Crippen LogP contribution in [0.1, 0.15) is 245 Å². The Morgan fingerprint density at radius 3 is 0.957 bits per heavy atom. The van der Waals surface area contributed by atoms with Crippen molar-refractivity contribution >= 4 is 5.91 Å². The van der Waals surface area contributed by atoms with Crippen molar-refractivity contribution in [2.45, 2.75) is 257 Å². The molecule has 0 aliphatic rings. The molecule has 0 aliphatic heterocycles. The van der Waals surface area contributed by atoms with Crippen molar-refractivity contribution in [1.82, 2.24) is 5.32 Å². The molecule has 0 rings (SSSR count). The van der Waals surface area contributed by atoms with E-state index in [0.717, 1.165) is 25.7 Å². The zero-order chi connectivity index (χ0) is 33.6. The summed E-state index contributed by atoms with van der Waals surface area (Å²) in [5, 5.41) is 23.3. The van der Waals surface area contributed by atoms with Crippen molar-refractivity contribution in [2.75, 3.05) is 6.54 Å². The van der Waals surface area contributed by atoms with E-state index in [-0.39, 0.29) is 12.0 Å². The molecule has 276 valence electrons. The molecule has 0 aromatic rings. The molecular weight excluding hydrogens is 566 g/mol. The quantitative estimate of drug-likeness (QED) is 0.0579. The van der Waals surface area contributed by atoms with Crippen LogP contribution in [0.15, 0.2) is 0 Å². The standard InChI is InChI=1S/C42H85NO3/c1-3-5-7-9-11-13-15-17-18-19-20-21-22-23-25-27-29-31-33-35-37-41(45)42(46)43-39-38-40(44)36-34-32-30-28-26-24-16-14-12-10-8-6-4-2/h40-41,44-45H,3-39H2,1-2H3,(H,43,46). The summed E-state index contributed by atoms with van der Waals surface area (Å²) in [7, 11) is 0. The summed E-state index contributed by atoms with van der Waals surface area (Å²) in [5.41, 5.74) is 0. The molecule has 0 spiro atoms. The Hall–Kier alpha value is -0.610. The highest BCUT2D eigenvalue weighted by molar-refractivity contribution is 5.80. The number of hydrogen-bond donors (Lipinski definition) is 3. The fraction of sp³-hybridized carbons (Fsp3) is 0.976. The monoisotopic (exact) mass is 652 g/mol. The van der Waals surface area contributed by atoms with Crippen LogP contribution in [0, 0.1) is 0 Å². The van der Waals surface area contributed by atoms with Crippen LogP contribution >= 0.6 is 0 Å². The van der Waals surface area contributed by atoms with E-state index in [9.17, 15) is 15.0 Å². The Kier molecular flexibility index (Phi) is 38.3. The molecule has 0 aromatic carbocycles. The summed E-state index contributed by atoms with van der Waals surface area (Å²) in [6.45, 7) is 5.02. The minimum atomic E-state index is -0.909. The van der Waals surface area contributed by atoms with E-state index in [1.165, 1.54) is 193 Å². The maximum atomic E-state index is 12.2. The molecule has 2 atom stereocenters. The smallest absolute Gasteiger partial charge is 0.248 e. The lowest BCUT2D eigenvalue weighted by molar-refractivity contribution is -0.129. The topological polar surface area (TPSA) is 69.6 Å². The van der Waals surface area contributed by atoms with Crippen LogP contribution in [0.5, 0.6) is 0 Å². The lowest BCUT2D eigenvalue weighted by Crippen LogP contribution is -2.36. The second kappa shape index (κ2) is 38.8. The molecule has 0 saturated heterocycles. The van der Waals surface area contributed by atoms with Gasteiger partial charge < -0.3 is 15.5 Å². The van der Waals surface area contributed by atoms with Gasteiger partial charge in [-0.1, -0.05) is 226 Å². The van der Waals surface area contributed by atoms with Gasteiger partial charge in [-0.25, -0.2) is 0 Å². The van der Waals surface area contributed by atoms with Gasteiger partial charge in [0.05, 0.1) is 6.10 Å². The molecule has 46 heavy (non-hydrogen) atoms. The van der Waals surface area contributed by atoms with Crippen molar-refractivity contribution in [2.24, 2.45) is 0 Å². The molecule has 1 amide bonds. The van der Waals surface area contributed by atoms with Gasteiger partial charge in [-0.2, -0.15) is 0 Å². The number of aliphatic hydroxyl groups excluding tert-OH is 2. The van der Waals surface area contributed by atoms with Crippen molar-refractivity contribution in [1.29, 1.82) is 0 Å². The Labute approximate surface area is 289 Å². The first-order chi connectivity index (χ1) is 22.6. The Morgan fingerprint density at radius 1 is 0.391 bits per heavy atom. The summed E-state index contributed by atoms with van der Waals surface area (Å²) >= 11 is 0. The van der Waals surface area contributed by atoms with E-state index in [0.29, 0.717) is 19.4 Å². The van der Waals surface area contributed by atoms with E-state index in [2.05, 4.69) is 19.2 Å². The highest BCUT2D eigenvalue weighted by Gasteiger charge is 2.14. The van der Waals surface area contributed by atoms with Crippen LogP contribution in [0.4, 0.5) is 0 Å². The van der Waals surface area contributed by atoms with Crippen molar-refractivity contribution in [3.05, 3.63) is 0 Å². The van der Waals surface area contributed by atoms with E-state index in [4.69, 9.17) is 0 Å². The van der Waals surface area contributed by atoms with E-state index < -0.39 is 6.10 Å². The van der Waals surface area contributed by atoms with Crippen LogP contribution in [0.3, 0.4) is 0 Å². The van der Waals surface area contributed by atoms with Crippen molar-refractivity contribution in [3.63, 3.8) is 0 Å². The van der Waals surface area contributed by atoms with Crippen molar-refractivity contribution < 1.29 is 15.0 Å². The molecule has 0 aromatic heterocycles. The zero-order valence-corrected chi connectivity index (χ0v) is 31.6. The second-order valence-corrected chi connectivity index (χ2v) is 14.8. The van der Waals surface area contributed by atoms with Gasteiger partial charge in [-0.05, 0) is 19.3 Å². The van der Waals surface area contributed by atoms with Gasteiger partial charge in [0.25, 0.3) is 0 Å². The normalized spacial score (nSPS) is 12.9. The van der Waals surface area contributed by atoms with E-state index in [1.807, 2.05) is 0 Å². The summed E-state index contributed by atoms with van der Waals surface area (Å²) in [6, 6.07) is 0. The third kappa shape index (κ3) is 36.2. The third-order valence-electron chi connectivity index (χ3n) is 10.1. The van der Waals surface area contributed by atoms with Gasteiger partial charge in [-0.15, -0.1) is 0 Å². The number of aliphatic hydroxyl groups is 2. The highest BCUT2D eigenvalue weighted by atomic mass is 16.3. The summed E-state index contributed by atoms with van der Waals surface area (Å²) in [6.07, 6.45) is 45.1. The lowest BCUT2D eigenvalue weighted by Gasteiger charge is -2.14. The van der Waals surface area contributed by atoms with Crippen LogP contribution in [0.25, 0.3) is 0 Å². The first kappa shape index (κ1) is 45.4. The van der Waals surface area contributed by atoms with Gasteiger partial charge in [0.2, 0.25) is 5.91 Å². The predicted octanol–water partition coefficient (Wildman–Crippen LogP) is 12.9. The maximum absolute atomic E-state index is 12.2. The van der Waals surface area contributed by atoms with Gasteiger partial charge in [0.15, 0.2) is 0 Å². The van der Waals surface area contributed by atoms with Crippen LogP contribution in [-0.2, 0) is 4.79 Å². The summed E-state index contributed by atoms with van der Waals surface area (Å²) in [4.78, 5) is 12.2. The molecular formula is C42H85NO3. The molecule has 0 radical (unpaired) electrons. The first-order valence-corrected chi connectivity index (χ1v) is 21.3. The number of carbonyl (C=O) groups excluding carboxylic acids is 1. The third-order valence-corrected chi connectivity index (χ3v) is 10.1. The molecule has 4 heteroatoms. The minimum absolute atomic E-state index is 0.272. The zero-order valence-electron chi connectivity index (χ0n) is 31.6. The number of amides is 1. The average Bonchev–Trinajstić information content (AvgIpc) is 3.05. The predicted molar refractivity (Wildman–Crippen MR) is 203 cm³/mol. The van der Waals surface area contributed by atoms with Gasteiger partial charge in [-0.3, -0.25) is 4.79 Å². The minimum Gasteiger partial charge on any atom is -0.393 e. The fourth-order valence-corrected chi connectivity index (χ4v) is 6.75. The van der Waals surface area contributed by atoms with Crippen LogP contribution in [-0.4, -0.2) is 34.9 Å². The number of nitrogens with one attached hydrogen (secondary N) is 1. The van der Waals surface area contributed by atoms with E-state index in [1.54, 1.807) is 0 Å². The largest absolute Gasteiger partial charge is 0.393 e. The Bertz CT molecular complexity index is 583. The highest BCUT2D eigenvalue weighted by Crippen LogP contribution is 2.16. The Morgan fingerprint density at radius 2 is 0.652 bits per heavy atom. The number of hydrogen-bond acceptors (Lipinski definition) is 3. The number of carbonyl (C=O) groups is 1. The van der Waals surface area contributed by atoms with Gasteiger partial charge in [0.1, 0.15) is 6.10 Å². The molecule has 2 unspecified atom stereocenters. The second-order valence-electron chi connectivity index (χ2n) is 14.8. The average molecular weight is 652 g/mol. The molecule has 3 N–H and O–H groups in total. The summed E-state index contributed by atoms with van der Waals surface area (Å²) in [5.74, 6) is -0.272. The van der Waals surface area contributed by atoms with E-state index >= 15 is 0 Å². The lowest BCUT2D eigenvalue weighted by atomic mass is 10.0. The molecule has 0 heterocycles. The van der Waals surface area contributed by atoms with Crippen LogP contribution < -0.4 is 5.32 Å². The molecule has 0 fully saturated rings. The first-order valence-electron chi connectivity index (χ1n) is 21.3. The number of unbranched alkanes of at least 4 members (excludes halogenated alkanes) is 31. The molecule has 0 bridgehead atoms. The van der Waals surface area contributed by atoms with Gasteiger partial charge in [0, 0.05) is 6.54 Å². The number of rotatable bonds is 39. The molecule has 0 saturated carbocycles. The fourth-order valence-electron chi connectivity index (χ4n) is 6.75.